The molecule has 5 heteroatoms. The summed E-state index contributed by atoms with van der Waals surface area (Å²) in [6.07, 6.45) is 2.81. The van der Waals surface area contributed by atoms with E-state index in [-0.39, 0.29) is 5.82 Å². The van der Waals surface area contributed by atoms with E-state index in [9.17, 15) is 4.39 Å². The smallest absolute Gasteiger partial charge is 0.184 e. The quantitative estimate of drug-likeness (QED) is 0.627. The van der Waals surface area contributed by atoms with Gasteiger partial charge in [-0.2, -0.15) is 5.26 Å². The van der Waals surface area contributed by atoms with Gasteiger partial charge in [0.05, 0.1) is 16.4 Å². The molecule has 0 spiro atoms. The topological polar surface area (TPSA) is 39.9 Å². The summed E-state index contributed by atoms with van der Waals surface area (Å²) >= 11 is 1.60. The van der Waals surface area contributed by atoms with E-state index in [4.69, 9.17) is 5.26 Å². The molecule has 0 aliphatic rings. The molecule has 0 amide bonds. The first-order valence-corrected chi connectivity index (χ1v) is 6.41. The molecule has 2 aromatic rings. The largest absolute Gasteiger partial charge is 0.279 e. The molecule has 3 nitrogen and oxygen atoms in total. The van der Waals surface area contributed by atoms with Gasteiger partial charge in [-0.25, -0.2) is 9.37 Å². The van der Waals surface area contributed by atoms with Crippen LogP contribution in [0.2, 0.25) is 0 Å². The minimum atomic E-state index is -0.299. The van der Waals surface area contributed by atoms with Gasteiger partial charge in [-0.05, 0) is 31.2 Å². The third-order valence-electron chi connectivity index (χ3n) is 2.52. The van der Waals surface area contributed by atoms with Crippen LogP contribution < -0.4 is 4.90 Å². The van der Waals surface area contributed by atoms with Crippen LogP contribution in [0.4, 0.5) is 10.1 Å². The number of hydrogen-bond donors (Lipinski definition) is 0. The summed E-state index contributed by atoms with van der Waals surface area (Å²) in [6, 6.07) is 5.91. The van der Waals surface area contributed by atoms with Crippen LogP contribution in [0, 0.1) is 24.2 Å². The van der Waals surface area contributed by atoms with Crippen LogP contribution in [0.3, 0.4) is 0 Å². The van der Waals surface area contributed by atoms with E-state index in [1.165, 1.54) is 17.0 Å². The fraction of sp³-hybridized carbons (Fsp3) is 0.231. The number of aryl methyl sites for hydroxylation is 1. The van der Waals surface area contributed by atoms with Gasteiger partial charge in [0, 0.05) is 18.3 Å². The number of benzene rings is 1. The SMILES string of the molecule is Cc1nc(CCN(C#N)c2ccc(F)cc2)cs1. The molecule has 1 aromatic heterocycles. The molecule has 0 atom stereocenters. The zero-order valence-corrected chi connectivity index (χ0v) is 10.7. The number of nitriles is 1. The first-order chi connectivity index (χ1) is 8.69. The fourth-order valence-corrected chi connectivity index (χ4v) is 2.25. The lowest BCUT2D eigenvalue weighted by Gasteiger charge is -2.14. The Morgan fingerprint density at radius 2 is 2.11 bits per heavy atom. The zero-order chi connectivity index (χ0) is 13.0. The minimum Gasteiger partial charge on any atom is -0.279 e. The molecule has 0 unspecified atom stereocenters. The second-order valence-corrected chi connectivity index (χ2v) is 4.90. The van der Waals surface area contributed by atoms with E-state index in [0.717, 1.165) is 10.7 Å². The van der Waals surface area contributed by atoms with Gasteiger partial charge >= 0.3 is 0 Å². The van der Waals surface area contributed by atoms with Gasteiger partial charge in [0.1, 0.15) is 5.82 Å². The molecule has 0 aliphatic heterocycles. The van der Waals surface area contributed by atoms with E-state index < -0.39 is 0 Å². The molecule has 0 radical (unpaired) electrons. The first-order valence-electron chi connectivity index (χ1n) is 5.53. The molecule has 0 saturated carbocycles. The third kappa shape index (κ3) is 3.05. The minimum absolute atomic E-state index is 0.299. The lowest BCUT2D eigenvalue weighted by molar-refractivity contribution is 0.627. The Bertz CT molecular complexity index is 556. The number of aromatic nitrogens is 1. The van der Waals surface area contributed by atoms with Crippen molar-refractivity contribution in [3.05, 3.63) is 46.2 Å². The summed E-state index contributed by atoms with van der Waals surface area (Å²) in [5, 5.41) is 12.1. The van der Waals surface area contributed by atoms with Crippen LogP contribution in [-0.2, 0) is 6.42 Å². The van der Waals surface area contributed by atoms with E-state index in [1.807, 2.05) is 12.3 Å². The van der Waals surface area contributed by atoms with Crippen LogP contribution in [0.5, 0.6) is 0 Å². The molecule has 0 saturated heterocycles. The Hall–Kier alpha value is -1.93. The Kier molecular flexibility index (Phi) is 3.90. The van der Waals surface area contributed by atoms with E-state index in [2.05, 4.69) is 11.2 Å². The predicted octanol–water partition coefficient (Wildman–Crippen LogP) is 3.12. The molecule has 92 valence electrons. The van der Waals surface area contributed by atoms with Crippen LogP contribution in [0.1, 0.15) is 10.7 Å². The monoisotopic (exact) mass is 261 g/mol. The van der Waals surface area contributed by atoms with Gasteiger partial charge in [-0.3, -0.25) is 4.90 Å². The van der Waals surface area contributed by atoms with Gasteiger partial charge < -0.3 is 0 Å². The van der Waals surface area contributed by atoms with E-state index >= 15 is 0 Å². The van der Waals surface area contributed by atoms with Crippen molar-refractivity contribution in [3.63, 3.8) is 0 Å². The Morgan fingerprint density at radius 3 is 2.67 bits per heavy atom. The molecule has 0 fully saturated rings. The second kappa shape index (κ2) is 5.61. The van der Waals surface area contributed by atoms with Gasteiger partial charge in [0.2, 0.25) is 0 Å². The van der Waals surface area contributed by atoms with Gasteiger partial charge in [-0.1, -0.05) is 0 Å². The summed E-state index contributed by atoms with van der Waals surface area (Å²) in [4.78, 5) is 5.88. The Balaban J connectivity index is 2.02. The number of nitrogens with zero attached hydrogens (tertiary/aromatic N) is 3. The van der Waals surface area contributed by atoms with E-state index in [1.54, 1.807) is 23.5 Å². The second-order valence-electron chi connectivity index (χ2n) is 3.84. The van der Waals surface area contributed by atoms with Crippen molar-refractivity contribution in [2.45, 2.75) is 13.3 Å². The van der Waals surface area contributed by atoms with Crippen molar-refractivity contribution in [1.82, 2.24) is 4.98 Å². The normalized spacial score (nSPS) is 10.1. The molecular formula is C13H12FN3S. The maximum absolute atomic E-state index is 12.8. The summed E-state index contributed by atoms with van der Waals surface area (Å²) in [5.74, 6) is -0.299. The standard InChI is InChI=1S/C13H12FN3S/c1-10-16-12(8-18-10)6-7-17(9-15)13-4-2-11(14)3-5-13/h2-5,8H,6-7H2,1H3. The predicted molar refractivity (Wildman–Crippen MR) is 69.9 cm³/mol. The number of hydrogen-bond acceptors (Lipinski definition) is 4. The average molecular weight is 261 g/mol. The van der Waals surface area contributed by atoms with Gasteiger partial charge in [-0.15, -0.1) is 11.3 Å². The van der Waals surface area contributed by atoms with Crippen molar-refractivity contribution in [2.75, 3.05) is 11.4 Å². The summed E-state index contributed by atoms with van der Waals surface area (Å²) in [7, 11) is 0. The van der Waals surface area contributed by atoms with Gasteiger partial charge in [0.25, 0.3) is 0 Å². The first kappa shape index (κ1) is 12.5. The highest BCUT2D eigenvalue weighted by atomic mass is 32.1. The lowest BCUT2D eigenvalue weighted by Crippen LogP contribution is -2.19. The zero-order valence-electron chi connectivity index (χ0n) is 9.93. The maximum Gasteiger partial charge on any atom is 0.184 e. The third-order valence-corrected chi connectivity index (χ3v) is 3.34. The Morgan fingerprint density at radius 1 is 1.39 bits per heavy atom. The summed E-state index contributed by atoms with van der Waals surface area (Å²) in [5.41, 5.74) is 1.69. The van der Waals surface area contributed by atoms with Crippen LogP contribution >= 0.6 is 11.3 Å². The van der Waals surface area contributed by atoms with Crippen molar-refractivity contribution >= 4 is 17.0 Å². The molecule has 0 bridgehead atoms. The molecule has 0 aliphatic carbocycles. The molecule has 0 N–H and O–H groups in total. The number of rotatable bonds is 4. The number of halogens is 1. The van der Waals surface area contributed by atoms with Crippen molar-refractivity contribution in [1.29, 1.82) is 5.26 Å². The lowest BCUT2D eigenvalue weighted by atomic mass is 10.2. The van der Waals surface area contributed by atoms with Crippen LogP contribution in [0.15, 0.2) is 29.6 Å². The Labute approximate surface area is 109 Å². The van der Waals surface area contributed by atoms with E-state index in [0.29, 0.717) is 18.7 Å². The molecule has 18 heavy (non-hydrogen) atoms. The highest BCUT2D eigenvalue weighted by Gasteiger charge is 2.07. The highest BCUT2D eigenvalue weighted by molar-refractivity contribution is 7.09. The van der Waals surface area contributed by atoms with Gasteiger partial charge in [0.15, 0.2) is 6.19 Å². The van der Waals surface area contributed by atoms with Crippen LogP contribution in [-0.4, -0.2) is 11.5 Å². The molecule has 2 rings (SSSR count). The average Bonchev–Trinajstić information content (AvgIpc) is 2.78. The molecular weight excluding hydrogens is 249 g/mol. The van der Waals surface area contributed by atoms with Crippen molar-refractivity contribution < 1.29 is 4.39 Å². The highest BCUT2D eigenvalue weighted by Crippen LogP contribution is 2.15. The van der Waals surface area contributed by atoms with Crippen molar-refractivity contribution in [2.24, 2.45) is 0 Å². The maximum atomic E-state index is 12.8. The number of thiazole rings is 1. The fourth-order valence-electron chi connectivity index (χ4n) is 1.61. The number of anilines is 1. The van der Waals surface area contributed by atoms with Crippen molar-refractivity contribution in [3.8, 4) is 6.19 Å². The molecule has 1 aromatic carbocycles. The summed E-state index contributed by atoms with van der Waals surface area (Å²) in [6.45, 7) is 2.50. The van der Waals surface area contributed by atoms with Crippen LogP contribution in [0.25, 0.3) is 0 Å². The summed E-state index contributed by atoms with van der Waals surface area (Å²) < 4.78 is 12.8. The molecule has 1 heterocycles.